The van der Waals surface area contributed by atoms with Crippen molar-refractivity contribution in [2.45, 2.75) is 0 Å². The third-order valence-corrected chi connectivity index (χ3v) is 3.30. The zero-order valence-electron chi connectivity index (χ0n) is 7.85. The van der Waals surface area contributed by atoms with Gasteiger partial charge in [-0.05, 0) is 23.6 Å². The van der Waals surface area contributed by atoms with Crippen LogP contribution in [0.4, 0.5) is 0 Å². The van der Waals surface area contributed by atoms with Crippen molar-refractivity contribution in [1.29, 1.82) is 0 Å². The molecule has 0 aliphatic heterocycles. The van der Waals surface area contributed by atoms with Gasteiger partial charge in [0.05, 0.1) is 0 Å². The summed E-state index contributed by atoms with van der Waals surface area (Å²) in [6.07, 6.45) is 0. The number of halogens is 1. The molecular weight excluding hydrogens is 253 g/mol. The Morgan fingerprint density at radius 2 is 1.94 bits per heavy atom. The quantitative estimate of drug-likeness (QED) is 0.666. The molecule has 0 unspecified atom stereocenters. The molecule has 16 heavy (non-hydrogen) atoms. The first-order valence-corrected chi connectivity index (χ1v) is 6.25. The topological polar surface area (TPSA) is 90.4 Å². The molecule has 1 heterocycles. The van der Waals surface area contributed by atoms with Gasteiger partial charge in [-0.3, -0.25) is 9.36 Å². The molecule has 5 nitrogen and oxygen atoms in total. The summed E-state index contributed by atoms with van der Waals surface area (Å²) in [5, 5.41) is 0.414. The monoisotopic (exact) mass is 259 g/mol. The van der Waals surface area contributed by atoms with Gasteiger partial charge in [-0.15, -0.1) is 0 Å². The van der Waals surface area contributed by atoms with Crippen LogP contribution in [0, 0.1) is 0 Å². The van der Waals surface area contributed by atoms with Crippen molar-refractivity contribution >= 4 is 35.4 Å². The van der Waals surface area contributed by atoms with E-state index in [9.17, 15) is 9.36 Å². The molecule has 7 heteroatoms. The zero-order chi connectivity index (χ0) is 11.9. The van der Waals surface area contributed by atoms with Crippen molar-refractivity contribution in [1.82, 2.24) is 4.98 Å². The molecule has 1 aromatic heterocycles. The van der Waals surface area contributed by atoms with Crippen LogP contribution in [0.2, 0.25) is 5.02 Å². The van der Waals surface area contributed by atoms with Crippen LogP contribution >= 0.6 is 19.2 Å². The fraction of sp³-hybridized carbons (Fsp3) is 0. The maximum atomic E-state index is 11.4. The van der Waals surface area contributed by atoms with Gasteiger partial charge in [0.25, 0.3) is 5.56 Å². The van der Waals surface area contributed by atoms with Crippen molar-refractivity contribution in [3.8, 4) is 0 Å². The van der Waals surface area contributed by atoms with Crippen LogP contribution in [-0.2, 0) is 4.57 Å². The van der Waals surface area contributed by atoms with E-state index < -0.39 is 18.5 Å². The first-order chi connectivity index (χ1) is 7.38. The Morgan fingerprint density at radius 1 is 1.25 bits per heavy atom. The van der Waals surface area contributed by atoms with E-state index in [-0.39, 0.29) is 0 Å². The highest BCUT2D eigenvalue weighted by Crippen LogP contribution is 2.32. The number of rotatable bonds is 1. The number of hydrogen-bond donors (Lipinski definition) is 3. The molecule has 2 aromatic rings. The summed E-state index contributed by atoms with van der Waals surface area (Å²) in [7, 11) is -4.55. The van der Waals surface area contributed by atoms with Crippen molar-refractivity contribution < 1.29 is 14.4 Å². The molecule has 0 fully saturated rings. The first kappa shape index (κ1) is 11.4. The Kier molecular flexibility index (Phi) is 2.64. The van der Waals surface area contributed by atoms with Gasteiger partial charge in [0.1, 0.15) is 5.30 Å². The van der Waals surface area contributed by atoms with Gasteiger partial charge < -0.3 is 14.8 Å². The second-order valence-corrected chi connectivity index (χ2v) is 5.27. The van der Waals surface area contributed by atoms with Crippen LogP contribution in [-0.4, -0.2) is 14.8 Å². The lowest BCUT2D eigenvalue weighted by atomic mass is 10.2. The summed E-state index contributed by atoms with van der Waals surface area (Å²) in [5.41, 5.74) is -0.363. The number of benzene rings is 1. The predicted molar refractivity (Wildman–Crippen MR) is 61.3 cm³/mol. The Balaban J connectivity index is 2.83. The normalized spacial score (nSPS) is 11.9. The molecule has 0 radical (unpaired) electrons. The van der Waals surface area contributed by atoms with E-state index in [0.717, 1.165) is 0 Å². The van der Waals surface area contributed by atoms with E-state index in [1.165, 1.54) is 12.1 Å². The van der Waals surface area contributed by atoms with Gasteiger partial charge >= 0.3 is 7.60 Å². The second-order valence-electron chi connectivity index (χ2n) is 3.26. The molecule has 84 valence electrons. The van der Waals surface area contributed by atoms with Gasteiger partial charge in [-0.25, -0.2) is 0 Å². The summed E-state index contributed by atoms with van der Waals surface area (Å²) in [4.78, 5) is 31.7. The van der Waals surface area contributed by atoms with Crippen molar-refractivity contribution in [2.75, 3.05) is 0 Å². The zero-order valence-corrected chi connectivity index (χ0v) is 9.50. The number of pyridine rings is 1. The molecular formula is C9H7ClNO4P. The summed E-state index contributed by atoms with van der Waals surface area (Å²) in [5.74, 6) is 0. The van der Waals surface area contributed by atoms with Crippen molar-refractivity contribution in [3.63, 3.8) is 0 Å². The van der Waals surface area contributed by atoms with Crippen molar-refractivity contribution in [3.05, 3.63) is 39.6 Å². The van der Waals surface area contributed by atoms with Gasteiger partial charge in [0.15, 0.2) is 0 Å². The lowest BCUT2D eigenvalue weighted by Gasteiger charge is -2.04. The number of aromatic nitrogens is 1. The van der Waals surface area contributed by atoms with Crippen LogP contribution in [0.3, 0.4) is 0 Å². The molecule has 0 aliphatic carbocycles. The molecule has 0 spiro atoms. The Hall–Kier alpha value is -1.13. The molecule has 0 aliphatic rings. The SMILES string of the molecule is O=c1[nH]c2cc(Cl)ccc2cc1P(=O)(O)O. The molecule has 3 N–H and O–H groups in total. The van der Waals surface area contributed by atoms with Gasteiger partial charge in [0.2, 0.25) is 0 Å². The molecule has 0 bridgehead atoms. The number of H-pyrrole nitrogens is 1. The van der Waals surface area contributed by atoms with E-state index in [0.29, 0.717) is 15.9 Å². The average Bonchev–Trinajstić information content (AvgIpc) is 2.14. The third-order valence-electron chi connectivity index (χ3n) is 2.10. The Bertz CT molecular complexity index is 660. The fourth-order valence-electron chi connectivity index (χ4n) is 1.38. The fourth-order valence-corrected chi connectivity index (χ4v) is 2.18. The van der Waals surface area contributed by atoms with E-state index in [4.69, 9.17) is 21.4 Å². The predicted octanol–water partition coefficient (Wildman–Crippen LogP) is 0.984. The Morgan fingerprint density at radius 3 is 2.56 bits per heavy atom. The van der Waals surface area contributed by atoms with Gasteiger partial charge in [0, 0.05) is 10.5 Å². The van der Waals surface area contributed by atoms with Crippen LogP contribution < -0.4 is 10.9 Å². The lowest BCUT2D eigenvalue weighted by molar-refractivity contribution is 0.387. The average molecular weight is 260 g/mol. The first-order valence-electron chi connectivity index (χ1n) is 4.26. The minimum Gasteiger partial charge on any atom is -0.321 e. The number of hydrogen-bond acceptors (Lipinski definition) is 2. The molecule has 0 atom stereocenters. The number of fused-ring (bicyclic) bond motifs is 1. The number of aromatic amines is 1. The minimum atomic E-state index is -4.55. The highest BCUT2D eigenvalue weighted by molar-refractivity contribution is 7.60. The summed E-state index contributed by atoms with van der Waals surface area (Å²) >= 11 is 5.73. The summed E-state index contributed by atoms with van der Waals surface area (Å²) in [6, 6.07) is 5.84. The Labute approximate surface area is 94.8 Å². The van der Waals surface area contributed by atoms with Crippen molar-refractivity contribution in [2.24, 2.45) is 0 Å². The maximum absolute atomic E-state index is 11.4. The molecule has 1 aromatic carbocycles. The largest absolute Gasteiger partial charge is 0.361 e. The van der Waals surface area contributed by atoms with Crippen LogP contribution in [0.25, 0.3) is 10.9 Å². The van der Waals surface area contributed by atoms with E-state index in [2.05, 4.69) is 4.98 Å². The van der Waals surface area contributed by atoms with Crippen LogP contribution in [0.5, 0.6) is 0 Å². The molecule has 0 saturated carbocycles. The maximum Gasteiger partial charge on any atom is 0.361 e. The lowest BCUT2D eigenvalue weighted by Crippen LogP contribution is -2.26. The van der Waals surface area contributed by atoms with Gasteiger partial charge in [-0.2, -0.15) is 0 Å². The van der Waals surface area contributed by atoms with Gasteiger partial charge in [-0.1, -0.05) is 17.7 Å². The molecule has 0 saturated heterocycles. The standard InChI is InChI=1S/C9H7ClNO4P/c10-6-2-1-5-3-8(16(13,14)15)9(12)11-7(5)4-6/h1-4H,(H,11,12)(H2,13,14,15). The van der Waals surface area contributed by atoms with Crippen LogP contribution in [0.15, 0.2) is 29.1 Å². The summed E-state index contributed by atoms with van der Waals surface area (Å²) < 4.78 is 11.0. The minimum absolute atomic E-state index is 0.437. The molecule has 0 amide bonds. The van der Waals surface area contributed by atoms with E-state index in [1.54, 1.807) is 12.1 Å². The van der Waals surface area contributed by atoms with Crippen LogP contribution in [0.1, 0.15) is 0 Å². The second kappa shape index (κ2) is 3.71. The highest BCUT2D eigenvalue weighted by atomic mass is 35.5. The van der Waals surface area contributed by atoms with E-state index >= 15 is 0 Å². The highest BCUT2D eigenvalue weighted by Gasteiger charge is 2.21. The number of nitrogens with one attached hydrogen (secondary N) is 1. The summed E-state index contributed by atoms with van der Waals surface area (Å²) in [6.45, 7) is 0. The van der Waals surface area contributed by atoms with E-state index in [1.807, 2.05) is 0 Å². The third kappa shape index (κ3) is 2.03. The molecule has 2 rings (SSSR count). The smallest absolute Gasteiger partial charge is 0.321 e.